The number of rotatable bonds is 9. The SMILES string of the molecule is CCOc1cc(/C=C2/C(=O)NC(=O)N(c3ccc(Cl)cc3)C2=O)cc(Cl)c1OCCOc1ccc(C)cc1. The minimum atomic E-state index is -0.857. The zero-order valence-electron chi connectivity index (χ0n) is 20.6. The van der Waals surface area contributed by atoms with Crippen LogP contribution < -0.4 is 24.4 Å². The number of nitrogens with zero attached hydrogens (tertiary/aromatic N) is 1. The van der Waals surface area contributed by atoms with Crippen molar-refractivity contribution in [1.82, 2.24) is 5.32 Å². The second kappa shape index (κ2) is 12.0. The van der Waals surface area contributed by atoms with Gasteiger partial charge in [0.25, 0.3) is 11.8 Å². The van der Waals surface area contributed by atoms with E-state index in [1.165, 1.54) is 36.4 Å². The lowest BCUT2D eigenvalue weighted by atomic mass is 10.1. The molecule has 0 unspecified atom stereocenters. The summed E-state index contributed by atoms with van der Waals surface area (Å²) in [7, 11) is 0. The van der Waals surface area contributed by atoms with Gasteiger partial charge in [-0.2, -0.15) is 0 Å². The van der Waals surface area contributed by atoms with Crippen LogP contribution in [0.15, 0.2) is 66.2 Å². The van der Waals surface area contributed by atoms with Crippen molar-refractivity contribution in [2.24, 2.45) is 0 Å². The molecular weight excluding hydrogens is 531 g/mol. The van der Waals surface area contributed by atoms with Gasteiger partial charge in [0, 0.05) is 5.02 Å². The Balaban J connectivity index is 1.54. The predicted octanol–water partition coefficient (Wildman–Crippen LogP) is 5.82. The number of barbiturate groups is 1. The van der Waals surface area contributed by atoms with Gasteiger partial charge < -0.3 is 14.2 Å². The van der Waals surface area contributed by atoms with Gasteiger partial charge in [-0.3, -0.25) is 14.9 Å². The molecule has 1 saturated heterocycles. The zero-order chi connectivity index (χ0) is 27.2. The van der Waals surface area contributed by atoms with Crippen molar-refractivity contribution in [1.29, 1.82) is 0 Å². The number of benzene rings is 3. The summed E-state index contributed by atoms with van der Waals surface area (Å²) in [6.45, 7) is 4.60. The van der Waals surface area contributed by atoms with Crippen LogP contribution in [0.1, 0.15) is 18.1 Å². The molecule has 0 aliphatic carbocycles. The highest BCUT2D eigenvalue weighted by molar-refractivity contribution is 6.39. The van der Waals surface area contributed by atoms with E-state index in [9.17, 15) is 14.4 Å². The van der Waals surface area contributed by atoms with Crippen molar-refractivity contribution in [3.8, 4) is 17.2 Å². The van der Waals surface area contributed by atoms with Crippen molar-refractivity contribution in [2.75, 3.05) is 24.7 Å². The first-order valence-electron chi connectivity index (χ1n) is 11.7. The van der Waals surface area contributed by atoms with Crippen LogP contribution >= 0.6 is 23.2 Å². The van der Waals surface area contributed by atoms with Gasteiger partial charge in [0.05, 0.1) is 17.3 Å². The largest absolute Gasteiger partial charge is 0.490 e. The molecular formula is C28H24Cl2N2O6. The molecule has 4 rings (SSSR count). The van der Waals surface area contributed by atoms with E-state index in [1.54, 1.807) is 13.0 Å². The van der Waals surface area contributed by atoms with Gasteiger partial charge in [0.2, 0.25) is 0 Å². The second-order valence-corrected chi connectivity index (χ2v) is 9.05. The molecule has 1 aliphatic heterocycles. The molecule has 0 bridgehead atoms. The number of hydrogen-bond acceptors (Lipinski definition) is 6. The van der Waals surface area contributed by atoms with E-state index < -0.39 is 17.8 Å². The van der Waals surface area contributed by atoms with Crippen LogP contribution in [0.5, 0.6) is 17.2 Å². The Hall–Kier alpha value is -4.01. The summed E-state index contributed by atoms with van der Waals surface area (Å²) >= 11 is 12.4. The summed E-state index contributed by atoms with van der Waals surface area (Å²) in [5.74, 6) is -0.257. The first kappa shape index (κ1) is 27.0. The highest BCUT2D eigenvalue weighted by Crippen LogP contribution is 2.37. The standard InChI is InChI=1S/C28H24Cl2N2O6/c1-3-36-24-16-18(15-23(30)25(24)38-13-12-37-21-10-4-17(2)5-11-21)14-22-26(33)31-28(35)32(27(22)34)20-8-6-19(29)7-9-20/h4-11,14-16H,3,12-13H2,1-2H3,(H,31,33,35)/b22-14-. The highest BCUT2D eigenvalue weighted by Gasteiger charge is 2.36. The van der Waals surface area contributed by atoms with Crippen molar-refractivity contribution in [3.63, 3.8) is 0 Å². The van der Waals surface area contributed by atoms with Crippen LogP contribution in [0.25, 0.3) is 6.08 Å². The Morgan fingerprint density at radius 2 is 1.58 bits per heavy atom. The topological polar surface area (TPSA) is 94.2 Å². The summed E-state index contributed by atoms with van der Waals surface area (Å²) < 4.78 is 17.2. The molecule has 1 N–H and O–H groups in total. The quantitative estimate of drug-likeness (QED) is 0.203. The molecule has 0 saturated carbocycles. The number of ether oxygens (including phenoxy) is 3. The van der Waals surface area contributed by atoms with E-state index in [-0.39, 0.29) is 29.5 Å². The minimum Gasteiger partial charge on any atom is -0.490 e. The summed E-state index contributed by atoms with van der Waals surface area (Å²) in [5, 5.41) is 2.84. The van der Waals surface area contributed by atoms with Gasteiger partial charge in [0.15, 0.2) is 11.5 Å². The Labute approximate surface area is 229 Å². The van der Waals surface area contributed by atoms with Crippen molar-refractivity contribution in [2.45, 2.75) is 13.8 Å². The average molecular weight is 555 g/mol. The minimum absolute atomic E-state index is 0.202. The van der Waals surface area contributed by atoms with E-state index in [0.717, 1.165) is 16.2 Å². The van der Waals surface area contributed by atoms with Crippen LogP contribution in [-0.4, -0.2) is 37.7 Å². The number of carbonyl (C=O) groups is 3. The Morgan fingerprint density at radius 1 is 0.895 bits per heavy atom. The van der Waals surface area contributed by atoms with Crippen molar-refractivity contribution >= 4 is 52.8 Å². The third-order valence-corrected chi connectivity index (χ3v) is 5.98. The van der Waals surface area contributed by atoms with Gasteiger partial charge >= 0.3 is 6.03 Å². The lowest BCUT2D eigenvalue weighted by molar-refractivity contribution is -0.122. The molecule has 3 aromatic rings. The van der Waals surface area contributed by atoms with Crippen LogP contribution in [0.3, 0.4) is 0 Å². The zero-order valence-corrected chi connectivity index (χ0v) is 22.1. The fourth-order valence-corrected chi connectivity index (χ4v) is 4.06. The maximum atomic E-state index is 13.1. The number of imide groups is 2. The van der Waals surface area contributed by atoms with E-state index in [0.29, 0.717) is 28.7 Å². The fraction of sp³-hybridized carbons (Fsp3) is 0.179. The molecule has 0 atom stereocenters. The molecule has 0 spiro atoms. The van der Waals surface area contributed by atoms with Gasteiger partial charge in [-0.15, -0.1) is 0 Å². The molecule has 1 fully saturated rings. The summed E-state index contributed by atoms with van der Waals surface area (Å²) in [6, 6.07) is 16.0. The van der Waals surface area contributed by atoms with Crippen molar-refractivity contribution in [3.05, 3.63) is 87.4 Å². The summed E-state index contributed by atoms with van der Waals surface area (Å²) in [6.07, 6.45) is 1.34. The van der Waals surface area contributed by atoms with Gasteiger partial charge in [-0.1, -0.05) is 40.9 Å². The number of hydrogen-bond donors (Lipinski definition) is 1. The number of aryl methyl sites for hydroxylation is 1. The summed E-state index contributed by atoms with van der Waals surface area (Å²) in [4.78, 5) is 39.0. The predicted molar refractivity (Wildman–Crippen MR) is 145 cm³/mol. The maximum absolute atomic E-state index is 13.1. The van der Waals surface area contributed by atoms with Crippen LogP contribution in [0, 0.1) is 6.92 Å². The van der Waals surface area contributed by atoms with Crippen LogP contribution in [0.2, 0.25) is 10.0 Å². The number of carbonyl (C=O) groups excluding carboxylic acids is 3. The number of nitrogens with one attached hydrogen (secondary N) is 1. The van der Waals surface area contributed by atoms with E-state index >= 15 is 0 Å². The van der Waals surface area contributed by atoms with E-state index in [4.69, 9.17) is 37.4 Å². The molecule has 0 aromatic heterocycles. The number of amides is 4. The van der Waals surface area contributed by atoms with E-state index in [2.05, 4.69) is 5.32 Å². The maximum Gasteiger partial charge on any atom is 0.335 e. The number of anilines is 1. The first-order valence-corrected chi connectivity index (χ1v) is 12.5. The van der Waals surface area contributed by atoms with Crippen LogP contribution in [0.4, 0.5) is 10.5 Å². The third-order valence-electron chi connectivity index (χ3n) is 5.45. The molecule has 3 aromatic carbocycles. The smallest absolute Gasteiger partial charge is 0.335 e. The lowest BCUT2D eigenvalue weighted by Gasteiger charge is -2.26. The average Bonchev–Trinajstić information content (AvgIpc) is 2.88. The lowest BCUT2D eigenvalue weighted by Crippen LogP contribution is -2.54. The second-order valence-electron chi connectivity index (χ2n) is 8.21. The molecule has 1 aliphatic rings. The fourth-order valence-electron chi connectivity index (χ4n) is 3.66. The molecule has 10 heteroatoms. The molecule has 4 amide bonds. The Kier molecular flexibility index (Phi) is 8.55. The number of halogens is 2. The summed E-state index contributed by atoms with van der Waals surface area (Å²) in [5.41, 5.74) is 1.55. The first-order chi connectivity index (χ1) is 18.3. The van der Waals surface area contributed by atoms with Crippen LogP contribution in [-0.2, 0) is 9.59 Å². The molecule has 1 heterocycles. The van der Waals surface area contributed by atoms with Crippen molar-refractivity contribution < 1.29 is 28.6 Å². The molecule has 0 radical (unpaired) electrons. The van der Waals surface area contributed by atoms with Gasteiger partial charge in [-0.25, -0.2) is 9.69 Å². The Bertz CT molecular complexity index is 1390. The van der Waals surface area contributed by atoms with Gasteiger partial charge in [-0.05, 0) is 74.0 Å². The third kappa shape index (κ3) is 6.27. The normalized spacial score (nSPS) is 14.5. The molecule has 38 heavy (non-hydrogen) atoms. The number of urea groups is 1. The monoisotopic (exact) mass is 554 g/mol. The molecule has 196 valence electrons. The van der Waals surface area contributed by atoms with Gasteiger partial charge in [0.1, 0.15) is 24.5 Å². The Morgan fingerprint density at radius 3 is 2.26 bits per heavy atom. The van der Waals surface area contributed by atoms with E-state index in [1.807, 2.05) is 31.2 Å². The molecule has 8 nitrogen and oxygen atoms in total. The highest BCUT2D eigenvalue weighted by atomic mass is 35.5.